The summed E-state index contributed by atoms with van der Waals surface area (Å²) in [6.45, 7) is 0.440. The Bertz CT molecular complexity index is 830. The molecule has 0 aliphatic rings. The third-order valence-corrected chi connectivity index (χ3v) is 4.00. The Kier molecular flexibility index (Phi) is 6.79. The fraction of sp³-hybridized carbons (Fsp3) is 0.235. The van der Waals surface area contributed by atoms with Crippen LogP contribution in [0.4, 0.5) is 11.4 Å². The van der Waals surface area contributed by atoms with Crippen LogP contribution < -0.4 is 10.1 Å². The van der Waals surface area contributed by atoms with Gasteiger partial charge in [-0.2, -0.15) is 0 Å². The number of likely N-dealkylation sites (N-methyl/N-ethyl adjacent to an activating group) is 1. The predicted octanol–water partition coefficient (Wildman–Crippen LogP) is 3.98. The number of hydrogen-bond donors (Lipinski definition) is 1. The maximum absolute atomic E-state index is 12.2. The van der Waals surface area contributed by atoms with Crippen molar-refractivity contribution in [3.63, 3.8) is 0 Å². The van der Waals surface area contributed by atoms with Crippen molar-refractivity contribution in [1.29, 1.82) is 0 Å². The molecular formula is C17H17Cl2N3O4. The number of ether oxygens (including phenoxy) is 1. The Morgan fingerprint density at radius 1 is 1.23 bits per heavy atom. The topological polar surface area (TPSA) is 84.7 Å². The molecule has 0 heterocycles. The SMILES string of the molecule is COc1ccc(Cl)cc1CN(C)CC(=O)Nc1ccc(Cl)cc1[N+](=O)[O-]. The van der Waals surface area contributed by atoms with Crippen LogP contribution in [-0.4, -0.2) is 36.4 Å². The van der Waals surface area contributed by atoms with E-state index in [0.717, 1.165) is 5.56 Å². The van der Waals surface area contributed by atoms with Gasteiger partial charge in [0, 0.05) is 28.2 Å². The minimum Gasteiger partial charge on any atom is -0.496 e. The van der Waals surface area contributed by atoms with Gasteiger partial charge in [-0.3, -0.25) is 19.8 Å². The van der Waals surface area contributed by atoms with E-state index in [0.29, 0.717) is 17.3 Å². The molecule has 0 aliphatic heterocycles. The molecule has 2 aromatic rings. The molecule has 0 aromatic heterocycles. The van der Waals surface area contributed by atoms with Crippen LogP contribution >= 0.6 is 23.2 Å². The van der Waals surface area contributed by atoms with Gasteiger partial charge in [0.05, 0.1) is 18.6 Å². The van der Waals surface area contributed by atoms with Crippen LogP contribution in [0.15, 0.2) is 36.4 Å². The number of carbonyl (C=O) groups excluding carboxylic acids is 1. The number of nitro benzene ring substituents is 1. The second-order valence-corrected chi connectivity index (χ2v) is 6.47. The lowest BCUT2D eigenvalue weighted by atomic mass is 10.2. The van der Waals surface area contributed by atoms with E-state index in [1.807, 2.05) is 0 Å². The monoisotopic (exact) mass is 397 g/mol. The fourth-order valence-electron chi connectivity index (χ4n) is 2.41. The van der Waals surface area contributed by atoms with E-state index in [4.69, 9.17) is 27.9 Å². The number of nitro groups is 1. The number of anilines is 1. The number of hydrogen-bond acceptors (Lipinski definition) is 5. The number of nitrogens with zero attached hydrogens (tertiary/aromatic N) is 2. The summed E-state index contributed by atoms with van der Waals surface area (Å²) < 4.78 is 5.28. The first kappa shape index (κ1) is 20.0. The van der Waals surface area contributed by atoms with E-state index in [-0.39, 0.29) is 28.8 Å². The zero-order valence-electron chi connectivity index (χ0n) is 14.2. The first-order chi connectivity index (χ1) is 12.3. The summed E-state index contributed by atoms with van der Waals surface area (Å²) in [5.41, 5.74) is 0.663. The molecule has 0 unspecified atom stereocenters. The van der Waals surface area contributed by atoms with Gasteiger partial charge in [-0.15, -0.1) is 0 Å². The lowest BCUT2D eigenvalue weighted by molar-refractivity contribution is -0.383. The van der Waals surface area contributed by atoms with Gasteiger partial charge in [0.25, 0.3) is 5.69 Å². The summed E-state index contributed by atoms with van der Waals surface area (Å²) in [5, 5.41) is 14.4. The highest BCUT2D eigenvalue weighted by molar-refractivity contribution is 6.31. The van der Waals surface area contributed by atoms with E-state index in [9.17, 15) is 14.9 Å². The molecule has 9 heteroatoms. The average molecular weight is 398 g/mol. The molecule has 0 saturated carbocycles. The van der Waals surface area contributed by atoms with Crippen molar-refractivity contribution in [2.24, 2.45) is 0 Å². The summed E-state index contributed by atoms with van der Waals surface area (Å²) in [4.78, 5) is 24.5. The average Bonchev–Trinajstić information content (AvgIpc) is 2.56. The molecule has 0 aliphatic carbocycles. The Hall–Kier alpha value is -2.35. The molecule has 0 fully saturated rings. The Labute approximate surface area is 160 Å². The number of nitrogens with one attached hydrogen (secondary N) is 1. The number of carbonyl (C=O) groups is 1. The molecule has 0 radical (unpaired) electrons. The normalized spacial score (nSPS) is 10.7. The fourth-order valence-corrected chi connectivity index (χ4v) is 2.77. The largest absolute Gasteiger partial charge is 0.496 e. The highest BCUT2D eigenvalue weighted by Crippen LogP contribution is 2.28. The van der Waals surface area contributed by atoms with Gasteiger partial charge in [-0.1, -0.05) is 23.2 Å². The van der Waals surface area contributed by atoms with Crippen LogP contribution in [0.3, 0.4) is 0 Å². The second-order valence-electron chi connectivity index (χ2n) is 5.60. The molecule has 2 aromatic carbocycles. The van der Waals surface area contributed by atoms with Crippen LogP contribution in [0.5, 0.6) is 5.75 Å². The van der Waals surface area contributed by atoms with Gasteiger partial charge in [0.15, 0.2) is 0 Å². The van der Waals surface area contributed by atoms with Crippen molar-refractivity contribution in [2.75, 3.05) is 26.0 Å². The first-order valence-corrected chi connectivity index (χ1v) is 8.30. The molecule has 138 valence electrons. The van der Waals surface area contributed by atoms with Gasteiger partial charge in [-0.25, -0.2) is 0 Å². The zero-order chi connectivity index (χ0) is 19.3. The van der Waals surface area contributed by atoms with E-state index >= 15 is 0 Å². The third kappa shape index (κ3) is 5.32. The first-order valence-electron chi connectivity index (χ1n) is 7.55. The highest BCUT2D eigenvalue weighted by Gasteiger charge is 2.17. The molecule has 7 nitrogen and oxygen atoms in total. The maximum atomic E-state index is 12.2. The maximum Gasteiger partial charge on any atom is 0.294 e. The summed E-state index contributed by atoms with van der Waals surface area (Å²) in [7, 11) is 3.30. The number of halogens is 2. The summed E-state index contributed by atoms with van der Waals surface area (Å²) >= 11 is 11.8. The standard InChI is InChI=1S/C17H17Cl2N3O4/c1-21(9-11-7-12(18)4-6-16(11)26-2)10-17(23)20-14-5-3-13(19)8-15(14)22(24)25/h3-8H,9-10H2,1-2H3,(H,20,23). The Morgan fingerprint density at radius 3 is 2.54 bits per heavy atom. The van der Waals surface area contributed by atoms with Gasteiger partial charge in [0.1, 0.15) is 11.4 Å². The highest BCUT2D eigenvalue weighted by atomic mass is 35.5. The van der Waals surface area contributed by atoms with Crippen LogP contribution in [0.2, 0.25) is 10.0 Å². The Morgan fingerprint density at radius 2 is 1.88 bits per heavy atom. The second kappa shape index (κ2) is 8.84. The van der Waals surface area contributed by atoms with E-state index in [1.54, 1.807) is 37.3 Å². The smallest absolute Gasteiger partial charge is 0.294 e. The molecule has 1 amide bonds. The van der Waals surface area contributed by atoms with Gasteiger partial charge in [0.2, 0.25) is 5.91 Å². The van der Waals surface area contributed by atoms with Crippen molar-refractivity contribution < 1.29 is 14.5 Å². The molecule has 0 spiro atoms. The lowest BCUT2D eigenvalue weighted by Gasteiger charge is -2.18. The number of benzene rings is 2. The van der Waals surface area contributed by atoms with Gasteiger partial charge < -0.3 is 10.1 Å². The predicted molar refractivity (Wildman–Crippen MR) is 101 cm³/mol. The number of rotatable bonds is 7. The lowest BCUT2D eigenvalue weighted by Crippen LogP contribution is -2.30. The van der Waals surface area contributed by atoms with E-state index in [2.05, 4.69) is 5.32 Å². The summed E-state index contributed by atoms with van der Waals surface area (Å²) in [6.07, 6.45) is 0. The van der Waals surface area contributed by atoms with E-state index in [1.165, 1.54) is 18.2 Å². The third-order valence-electron chi connectivity index (χ3n) is 3.53. The van der Waals surface area contributed by atoms with Crippen LogP contribution in [0.25, 0.3) is 0 Å². The van der Waals surface area contributed by atoms with Crippen molar-refractivity contribution in [3.8, 4) is 5.75 Å². The number of methoxy groups -OCH3 is 1. The van der Waals surface area contributed by atoms with Crippen molar-refractivity contribution in [2.45, 2.75) is 6.54 Å². The molecular weight excluding hydrogens is 381 g/mol. The van der Waals surface area contributed by atoms with Gasteiger partial charge in [-0.05, 0) is 37.4 Å². The molecule has 1 N–H and O–H groups in total. The molecule has 2 rings (SSSR count). The minimum atomic E-state index is -0.595. The van der Waals surface area contributed by atoms with Crippen LogP contribution in [0.1, 0.15) is 5.56 Å². The van der Waals surface area contributed by atoms with E-state index < -0.39 is 4.92 Å². The van der Waals surface area contributed by atoms with Crippen LogP contribution in [0, 0.1) is 10.1 Å². The van der Waals surface area contributed by atoms with Gasteiger partial charge >= 0.3 is 0 Å². The molecule has 26 heavy (non-hydrogen) atoms. The van der Waals surface area contributed by atoms with Crippen LogP contribution in [-0.2, 0) is 11.3 Å². The zero-order valence-corrected chi connectivity index (χ0v) is 15.7. The van der Waals surface area contributed by atoms with Crippen molar-refractivity contribution in [3.05, 3.63) is 62.1 Å². The Balaban J connectivity index is 2.04. The summed E-state index contributed by atoms with van der Waals surface area (Å²) in [5.74, 6) is 0.272. The number of amides is 1. The molecule has 0 bridgehead atoms. The molecule has 0 atom stereocenters. The molecule has 0 saturated heterocycles. The van der Waals surface area contributed by atoms with Crippen molar-refractivity contribution in [1.82, 2.24) is 4.90 Å². The minimum absolute atomic E-state index is 0.0233. The van der Waals surface area contributed by atoms with Crippen molar-refractivity contribution >= 4 is 40.5 Å². The summed E-state index contributed by atoms with van der Waals surface area (Å²) in [6, 6.07) is 9.30. The quantitative estimate of drug-likeness (QED) is 0.563.